The highest BCUT2D eigenvalue weighted by molar-refractivity contribution is 5.37. The number of hydrogen-bond acceptors (Lipinski definition) is 5. The minimum absolute atomic E-state index is 0.141. The third-order valence-electron chi connectivity index (χ3n) is 3.35. The van der Waals surface area contributed by atoms with Crippen LogP contribution in [-0.4, -0.2) is 23.3 Å². The predicted octanol–water partition coefficient (Wildman–Crippen LogP) is 2.29. The van der Waals surface area contributed by atoms with Crippen LogP contribution < -0.4 is 10.1 Å². The van der Waals surface area contributed by atoms with E-state index in [0.29, 0.717) is 11.8 Å². The average molecular weight is 273 g/mol. The first-order chi connectivity index (χ1) is 9.86. The van der Waals surface area contributed by atoms with E-state index in [9.17, 15) is 0 Å². The Morgan fingerprint density at radius 3 is 3.00 bits per heavy atom. The Bertz CT molecular complexity index is 543. The number of nitrogens with zero attached hydrogens (tertiary/aromatic N) is 2. The molecule has 1 aromatic carbocycles. The second-order valence-electron chi connectivity index (χ2n) is 4.95. The van der Waals surface area contributed by atoms with Gasteiger partial charge in [0.25, 0.3) is 5.89 Å². The number of para-hydroxylation sites is 1. The number of aromatic nitrogens is 2. The molecule has 1 aliphatic rings. The molecule has 106 valence electrons. The van der Waals surface area contributed by atoms with Gasteiger partial charge in [-0.15, -0.1) is 10.2 Å². The van der Waals surface area contributed by atoms with E-state index in [2.05, 4.69) is 28.5 Å². The molecule has 0 saturated carbocycles. The van der Waals surface area contributed by atoms with E-state index in [1.165, 1.54) is 5.56 Å². The fraction of sp³-hybridized carbons (Fsp3) is 0.467. The molecule has 1 atom stereocenters. The normalized spacial score (nSPS) is 16.9. The van der Waals surface area contributed by atoms with Gasteiger partial charge in [-0.2, -0.15) is 0 Å². The SMILES string of the molecule is CCCNCCc1nnc(C2Cc3ccccc3O2)o1. The molecule has 0 amide bonds. The number of nitrogens with one attached hydrogen (secondary N) is 1. The minimum atomic E-state index is -0.141. The Morgan fingerprint density at radius 1 is 1.25 bits per heavy atom. The summed E-state index contributed by atoms with van der Waals surface area (Å²) in [5.74, 6) is 2.16. The van der Waals surface area contributed by atoms with Crippen LogP contribution in [0.1, 0.15) is 36.8 Å². The zero-order valence-corrected chi connectivity index (χ0v) is 11.6. The molecular formula is C15H19N3O2. The zero-order valence-electron chi connectivity index (χ0n) is 11.6. The van der Waals surface area contributed by atoms with Crippen LogP contribution in [0.25, 0.3) is 0 Å². The van der Waals surface area contributed by atoms with Crippen LogP contribution in [0.2, 0.25) is 0 Å². The van der Waals surface area contributed by atoms with E-state index in [1.807, 2.05) is 18.2 Å². The molecule has 1 aromatic heterocycles. The van der Waals surface area contributed by atoms with Crippen molar-refractivity contribution in [2.45, 2.75) is 32.3 Å². The molecule has 2 aromatic rings. The molecule has 3 rings (SSSR count). The second kappa shape index (κ2) is 6.05. The summed E-state index contributed by atoms with van der Waals surface area (Å²) in [4.78, 5) is 0. The van der Waals surface area contributed by atoms with Crippen LogP contribution in [0, 0.1) is 0 Å². The lowest BCUT2D eigenvalue weighted by atomic mass is 10.1. The number of benzene rings is 1. The molecule has 0 aliphatic carbocycles. The summed E-state index contributed by atoms with van der Waals surface area (Å²) in [5, 5.41) is 11.5. The van der Waals surface area contributed by atoms with Crippen LogP contribution in [0.15, 0.2) is 28.7 Å². The Morgan fingerprint density at radius 2 is 2.15 bits per heavy atom. The smallest absolute Gasteiger partial charge is 0.257 e. The molecule has 1 N–H and O–H groups in total. The summed E-state index contributed by atoms with van der Waals surface area (Å²) < 4.78 is 11.5. The zero-order chi connectivity index (χ0) is 13.8. The molecule has 0 fully saturated rings. The van der Waals surface area contributed by atoms with E-state index in [0.717, 1.165) is 38.1 Å². The van der Waals surface area contributed by atoms with E-state index >= 15 is 0 Å². The van der Waals surface area contributed by atoms with Gasteiger partial charge < -0.3 is 14.5 Å². The van der Waals surface area contributed by atoms with Crippen molar-refractivity contribution in [2.24, 2.45) is 0 Å². The lowest BCUT2D eigenvalue weighted by molar-refractivity contribution is 0.195. The highest BCUT2D eigenvalue weighted by Gasteiger charge is 2.28. The summed E-state index contributed by atoms with van der Waals surface area (Å²) in [6.07, 6.45) is 2.54. The van der Waals surface area contributed by atoms with E-state index in [1.54, 1.807) is 0 Å². The monoisotopic (exact) mass is 273 g/mol. The van der Waals surface area contributed by atoms with Crippen LogP contribution in [0.4, 0.5) is 0 Å². The highest BCUT2D eigenvalue weighted by Crippen LogP contribution is 2.35. The molecule has 1 unspecified atom stereocenters. The first kappa shape index (κ1) is 13.1. The van der Waals surface area contributed by atoms with Crippen LogP contribution in [0.5, 0.6) is 5.75 Å². The molecule has 1 aliphatic heterocycles. The lowest BCUT2D eigenvalue weighted by Gasteiger charge is -2.04. The maximum Gasteiger partial charge on any atom is 0.257 e. The first-order valence-electron chi connectivity index (χ1n) is 7.14. The van der Waals surface area contributed by atoms with E-state index in [4.69, 9.17) is 9.15 Å². The fourth-order valence-corrected chi connectivity index (χ4v) is 2.31. The summed E-state index contributed by atoms with van der Waals surface area (Å²) >= 11 is 0. The summed E-state index contributed by atoms with van der Waals surface area (Å²) in [6.45, 7) is 4.02. The number of ether oxygens (including phenoxy) is 1. The number of fused-ring (bicyclic) bond motifs is 1. The van der Waals surface area contributed by atoms with Gasteiger partial charge >= 0.3 is 0 Å². The Hall–Kier alpha value is -1.88. The molecule has 0 spiro atoms. The quantitative estimate of drug-likeness (QED) is 0.818. The van der Waals surface area contributed by atoms with Gasteiger partial charge in [0.05, 0.1) is 0 Å². The predicted molar refractivity (Wildman–Crippen MR) is 74.7 cm³/mol. The van der Waals surface area contributed by atoms with Crippen molar-refractivity contribution in [1.82, 2.24) is 15.5 Å². The van der Waals surface area contributed by atoms with Crippen LogP contribution in [-0.2, 0) is 12.8 Å². The van der Waals surface area contributed by atoms with Gasteiger partial charge in [0.2, 0.25) is 5.89 Å². The van der Waals surface area contributed by atoms with Gasteiger partial charge in [-0.05, 0) is 24.6 Å². The Labute approximate surface area is 118 Å². The first-order valence-corrected chi connectivity index (χ1v) is 7.14. The van der Waals surface area contributed by atoms with Crippen molar-refractivity contribution in [1.29, 1.82) is 0 Å². The topological polar surface area (TPSA) is 60.2 Å². The van der Waals surface area contributed by atoms with Gasteiger partial charge in [-0.1, -0.05) is 25.1 Å². The molecule has 5 heteroatoms. The third kappa shape index (κ3) is 2.82. The minimum Gasteiger partial charge on any atom is -0.480 e. The molecule has 0 radical (unpaired) electrons. The largest absolute Gasteiger partial charge is 0.480 e. The molecule has 5 nitrogen and oxygen atoms in total. The van der Waals surface area contributed by atoms with Crippen molar-refractivity contribution in [2.75, 3.05) is 13.1 Å². The fourth-order valence-electron chi connectivity index (χ4n) is 2.31. The highest BCUT2D eigenvalue weighted by atomic mass is 16.5. The van der Waals surface area contributed by atoms with E-state index < -0.39 is 0 Å². The molecule has 0 saturated heterocycles. The summed E-state index contributed by atoms with van der Waals surface area (Å²) in [6, 6.07) is 8.03. The van der Waals surface area contributed by atoms with Crippen molar-refractivity contribution in [3.05, 3.63) is 41.6 Å². The third-order valence-corrected chi connectivity index (χ3v) is 3.35. The van der Waals surface area contributed by atoms with Gasteiger partial charge in [0.1, 0.15) is 5.75 Å². The van der Waals surface area contributed by atoms with Gasteiger partial charge in [-0.3, -0.25) is 0 Å². The van der Waals surface area contributed by atoms with Gasteiger partial charge in [-0.25, -0.2) is 0 Å². The van der Waals surface area contributed by atoms with Crippen molar-refractivity contribution in [3.8, 4) is 5.75 Å². The molecule has 0 bridgehead atoms. The van der Waals surface area contributed by atoms with Crippen LogP contribution in [0.3, 0.4) is 0 Å². The van der Waals surface area contributed by atoms with Crippen LogP contribution >= 0.6 is 0 Å². The average Bonchev–Trinajstić information content (AvgIpc) is 3.09. The second-order valence-corrected chi connectivity index (χ2v) is 4.95. The Balaban J connectivity index is 1.58. The summed E-state index contributed by atoms with van der Waals surface area (Å²) in [7, 11) is 0. The van der Waals surface area contributed by atoms with Crippen molar-refractivity contribution in [3.63, 3.8) is 0 Å². The maximum atomic E-state index is 5.84. The van der Waals surface area contributed by atoms with Gasteiger partial charge in [0.15, 0.2) is 6.10 Å². The van der Waals surface area contributed by atoms with Crippen molar-refractivity contribution >= 4 is 0 Å². The number of rotatable bonds is 6. The maximum absolute atomic E-state index is 5.84. The summed E-state index contributed by atoms with van der Waals surface area (Å²) in [5.41, 5.74) is 1.20. The molecular weight excluding hydrogens is 254 g/mol. The molecule has 20 heavy (non-hydrogen) atoms. The van der Waals surface area contributed by atoms with Gasteiger partial charge in [0, 0.05) is 19.4 Å². The lowest BCUT2D eigenvalue weighted by Crippen LogP contribution is -2.17. The van der Waals surface area contributed by atoms with E-state index in [-0.39, 0.29) is 6.10 Å². The Kier molecular flexibility index (Phi) is 3.97. The van der Waals surface area contributed by atoms with Crippen molar-refractivity contribution < 1.29 is 9.15 Å². The standard InChI is InChI=1S/C15H19N3O2/c1-2-8-16-9-7-14-17-18-15(20-14)13-10-11-5-3-4-6-12(11)19-13/h3-6,13,16H,2,7-10H2,1H3. The number of hydrogen-bond donors (Lipinski definition) is 1. The molecule has 2 heterocycles.